The van der Waals surface area contributed by atoms with Crippen LogP contribution < -0.4 is 12.3 Å². The van der Waals surface area contributed by atoms with Crippen molar-refractivity contribution in [2.24, 2.45) is 0 Å². The minimum Gasteiger partial charge on any atom is -0.344 e. The predicted molar refractivity (Wildman–Crippen MR) is 73.8 cm³/mol. The summed E-state index contributed by atoms with van der Waals surface area (Å²) in [6.07, 6.45) is 4.49. The Labute approximate surface area is 102 Å². The second-order valence-corrected chi connectivity index (χ2v) is 3.88. The van der Waals surface area contributed by atoms with E-state index in [2.05, 4.69) is 66.7 Å². The number of allylic oxidation sites excluding steroid dienone is 1. The second kappa shape index (κ2) is 5.43. The summed E-state index contributed by atoms with van der Waals surface area (Å²) in [6.45, 7) is 0. The Kier molecular flexibility index (Phi) is 4.21. The summed E-state index contributed by atoms with van der Waals surface area (Å²) < 4.78 is 0. The largest absolute Gasteiger partial charge is 0.344 e. The lowest BCUT2D eigenvalue weighted by Crippen LogP contribution is -1.94. The topological polar surface area (TPSA) is 70.0 Å². The molecule has 3 rings (SSSR count). The molecule has 0 saturated heterocycles. The van der Waals surface area contributed by atoms with Crippen LogP contribution in [0.5, 0.6) is 0 Å². The molecule has 0 aromatic heterocycles. The van der Waals surface area contributed by atoms with E-state index in [-0.39, 0.29) is 12.3 Å². The molecule has 0 fully saturated rings. The van der Waals surface area contributed by atoms with Crippen LogP contribution in [0.15, 0.2) is 60.7 Å². The van der Waals surface area contributed by atoms with Gasteiger partial charge in [0.2, 0.25) is 0 Å². The van der Waals surface area contributed by atoms with Crippen LogP contribution in [0.4, 0.5) is 0 Å². The van der Waals surface area contributed by atoms with E-state index in [0.29, 0.717) is 5.92 Å². The van der Waals surface area contributed by atoms with Gasteiger partial charge in [-0.25, -0.2) is 0 Å². The maximum Gasteiger partial charge on any atom is 0.0278 e. The van der Waals surface area contributed by atoms with Crippen molar-refractivity contribution in [1.82, 2.24) is 12.3 Å². The zero-order valence-corrected chi connectivity index (χ0v) is 9.84. The van der Waals surface area contributed by atoms with E-state index in [9.17, 15) is 0 Å². The van der Waals surface area contributed by atoms with Gasteiger partial charge in [-0.05, 0) is 16.7 Å². The van der Waals surface area contributed by atoms with E-state index < -0.39 is 0 Å². The molecule has 0 heterocycles. The molecule has 0 amide bonds. The summed E-state index contributed by atoms with van der Waals surface area (Å²) in [6, 6.07) is 19.2. The maximum atomic E-state index is 2.28. The fourth-order valence-electron chi connectivity index (χ4n) is 2.20. The molecule has 0 aliphatic heterocycles. The first-order chi connectivity index (χ1) is 7.45. The average Bonchev–Trinajstić information content (AvgIpc) is 2.74. The van der Waals surface area contributed by atoms with Crippen LogP contribution in [-0.4, -0.2) is 0 Å². The number of hydrogen-bond acceptors (Lipinski definition) is 2. The van der Waals surface area contributed by atoms with Gasteiger partial charge in [-0.3, -0.25) is 0 Å². The molecule has 0 bridgehead atoms. The van der Waals surface area contributed by atoms with Crippen molar-refractivity contribution in [3.63, 3.8) is 0 Å². The minimum absolute atomic E-state index is 0. The summed E-state index contributed by atoms with van der Waals surface area (Å²) in [5.74, 6) is 0.447. The SMILES string of the molecule is C1=CC(c2ccccc2)c2ccccc21.N.N. The van der Waals surface area contributed by atoms with E-state index in [0.717, 1.165) is 0 Å². The predicted octanol–water partition coefficient (Wildman–Crippen LogP) is 4.17. The summed E-state index contributed by atoms with van der Waals surface area (Å²) in [4.78, 5) is 0. The molecule has 6 N–H and O–H groups in total. The highest BCUT2D eigenvalue weighted by Gasteiger charge is 2.17. The van der Waals surface area contributed by atoms with E-state index in [1.807, 2.05) is 0 Å². The van der Waals surface area contributed by atoms with Gasteiger partial charge < -0.3 is 12.3 Å². The first kappa shape index (κ1) is 13.2. The summed E-state index contributed by atoms with van der Waals surface area (Å²) in [5.41, 5.74) is 4.15. The van der Waals surface area contributed by atoms with Gasteiger partial charge in [-0.2, -0.15) is 0 Å². The third kappa shape index (κ3) is 2.28. The molecule has 2 heteroatoms. The van der Waals surface area contributed by atoms with E-state index >= 15 is 0 Å². The summed E-state index contributed by atoms with van der Waals surface area (Å²) in [7, 11) is 0. The molecule has 2 nitrogen and oxygen atoms in total. The molecule has 0 spiro atoms. The van der Waals surface area contributed by atoms with Gasteiger partial charge in [0.1, 0.15) is 0 Å². The third-order valence-electron chi connectivity index (χ3n) is 2.96. The third-order valence-corrected chi connectivity index (χ3v) is 2.96. The molecule has 88 valence electrons. The molecule has 0 saturated carbocycles. The van der Waals surface area contributed by atoms with Crippen LogP contribution in [0.3, 0.4) is 0 Å². The summed E-state index contributed by atoms with van der Waals surface area (Å²) in [5, 5.41) is 0. The average molecular weight is 226 g/mol. The number of rotatable bonds is 1. The number of hydrogen-bond donors (Lipinski definition) is 2. The van der Waals surface area contributed by atoms with Gasteiger partial charge in [-0.1, -0.05) is 66.7 Å². The first-order valence-electron chi connectivity index (χ1n) is 5.27. The summed E-state index contributed by atoms with van der Waals surface area (Å²) >= 11 is 0. The van der Waals surface area contributed by atoms with Crippen LogP contribution in [0.2, 0.25) is 0 Å². The highest BCUT2D eigenvalue weighted by molar-refractivity contribution is 5.65. The Morgan fingerprint density at radius 2 is 1.35 bits per heavy atom. The number of fused-ring (bicyclic) bond motifs is 1. The van der Waals surface area contributed by atoms with Crippen molar-refractivity contribution < 1.29 is 0 Å². The fraction of sp³-hybridized carbons (Fsp3) is 0.0667. The van der Waals surface area contributed by atoms with Crippen molar-refractivity contribution >= 4 is 6.08 Å². The molecule has 1 aliphatic carbocycles. The van der Waals surface area contributed by atoms with Gasteiger partial charge in [0.15, 0.2) is 0 Å². The maximum absolute atomic E-state index is 2.28. The van der Waals surface area contributed by atoms with E-state index in [1.54, 1.807) is 0 Å². The molecular formula is C15H18N2. The lowest BCUT2D eigenvalue weighted by molar-refractivity contribution is 1.05. The van der Waals surface area contributed by atoms with Crippen LogP contribution >= 0.6 is 0 Å². The molecule has 0 radical (unpaired) electrons. The Bertz CT molecular complexity index is 503. The van der Waals surface area contributed by atoms with Gasteiger partial charge in [0.25, 0.3) is 0 Å². The Hall–Kier alpha value is -1.90. The van der Waals surface area contributed by atoms with Crippen molar-refractivity contribution in [2.45, 2.75) is 5.92 Å². The highest BCUT2D eigenvalue weighted by Crippen LogP contribution is 2.34. The molecule has 1 aliphatic rings. The zero-order chi connectivity index (χ0) is 10.1. The van der Waals surface area contributed by atoms with Crippen molar-refractivity contribution in [3.8, 4) is 0 Å². The molecule has 2 aromatic carbocycles. The Morgan fingerprint density at radius 1 is 0.706 bits per heavy atom. The van der Waals surface area contributed by atoms with Crippen molar-refractivity contribution in [2.75, 3.05) is 0 Å². The van der Waals surface area contributed by atoms with Crippen LogP contribution in [-0.2, 0) is 0 Å². The fourth-order valence-corrected chi connectivity index (χ4v) is 2.20. The van der Waals surface area contributed by atoms with Crippen LogP contribution in [0.25, 0.3) is 6.08 Å². The first-order valence-corrected chi connectivity index (χ1v) is 5.27. The Morgan fingerprint density at radius 3 is 2.12 bits per heavy atom. The lowest BCUT2D eigenvalue weighted by atomic mass is 9.93. The lowest BCUT2D eigenvalue weighted by Gasteiger charge is -2.10. The zero-order valence-electron chi connectivity index (χ0n) is 9.84. The van der Waals surface area contributed by atoms with Gasteiger partial charge in [0.05, 0.1) is 0 Å². The van der Waals surface area contributed by atoms with Crippen LogP contribution in [0.1, 0.15) is 22.6 Å². The molecule has 1 unspecified atom stereocenters. The smallest absolute Gasteiger partial charge is 0.0278 e. The number of benzene rings is 2. The normalized spacial score (nSPS) is 15.6. The quantitative estimate of drug-likeness (QED) is 0.766. The van der Waals surface area contributed by atoms with E-state index in [1.165, 1.54) is 16.7 Å². The van der Waals surface area contributed by atoms with Crippen LogP contribution in [0, 0.1) is 0 Å². The molecule has 1 atom stereocenters. The van der Waals surface area contributed by atoms with Gasteiger partial charge >= 0.3 is 0 Å². The van der Waals surface area contributed by atoms with Gasteiger partial charge in [0, 0.05) is 5.92 Å². The van der Waals surface area contributed by atoms with Gasteiger partial charge in [-0.15, -0.1) is 0 Å². The van der Waals surface area contributed by atoms with E-state index in [4.69, 9.17) is 0 Å². The molecule has 2 aromatic rings. The monoisotopic (exact) mass is 226 g/mol. The Balaban J connectivity index is 0.000000722. The second-order valence-electron chi connectivity index (χ2n) is 3.88. The highest BCUT2D eigenvalue weighted by atomic mass is 14.2. The molecule has 17 heavy (non-hydrogen) atoms. The van der Waals surface area contributed by atoms with Crippen molar-refractivity contribution in [3.05, 3.63) is 77.4 Å². The van der Waals surface area contributed by atoms with Crippen molar-refractivity contribution in [1.29, 1.82) is 0 Å². The minimum atomic E-state index is 0. The molecular weight excluding hydrogens is 208 g/mol. The standard InChI is InChI=1S/C15H12.2H3N/c1-2-6-12(7-3-1)15-11-10-13-8-4-5-9-14(13)15;;/h1-11,15H;2*1H3.